The van der Waals surface area contributed by atoms with Crippen LogP contribution in [0, 0.1) is 0 Å². The predicted octanol–water partition coefficient (Wildman–Crippen LogP) is 3.77. The Labute approximate surface area is 130 Å². The van der Waals surface area contributed by atoms with Crippen molar-refractivity contribution in [2.75, 3.05) is 13.7 Å². The van der Waals surface area contributed by atoms with Crippen LogP contribution in [0.15, 0.2) is 22.7 Å². The highest BCUT2D eigenvalue weighted by atomic mass is 79.9. The first-order valence-corrected chi connectivity index (χ1v) is 8.33. The second-order valence-corrected chi connectivity index (χ2v) is 6.39. The fraction of sp³-hybridized carbons (Fsp3) is 0.625. The van der Waals surface area contributed by atoms with Crippen LogP contribution in [0.5, 0.6) is 5.75 Å². The van der Waals surface area contributed by atoms with Gasteiger partial charge in [0.2, 0.25) is 0 Å². The van der Waals surface area contributed by atoms with Crippen LogP contribution in [0.3, 0.4) is 0 Å². The van der Waals surface area contributed by atoms with E-state index < -0.39 is 0 Å². The Hall–Kier alpha value is -0.580. The molecule has 0 radical (unpaired) electrons. The van der Waals surface area contributed by atoms with Gasteiger partial charge in [0.25, 0.3) is 0 Å². The van der Waals surface area contributed by atoms with E-state index in [0.29, 0.717) is 12.6 Å². The van der Waals surface area contributed by atoms with E-state index in [0.717, 1.165) is 10.2 Å². The number of benzene rings is 1. The monoisotopic (exact) mass is 340 g/mol. The van der Waals surface area contributed by atoms with Gasteiger partial charge in [-0.25, -0.2) is 0 Å². The minimum Gasteiger partial charge on any atom is -0.496 e. The minimum atomic E-state index is 0.223. The van der Waals surface area contributed by atoms with Crippen molar-refractivity contribution in [2.24, 2.45) is 5.73 Å². The van der Waals surface area contributed by atoms with Gasteiger partial charge in [-0.05, 0) is 46.5 Å². The first-order valence-electron chi connectivity index (χ1n) is 7.54. The fourth-order valence-electron chi connectivity index (χ4n) is 2.93. The molecule has 0 spiro atoms. The number of hydrogen-bond donors (Lipinski definition) is 2. The first kappa shape index (κ1) is 15.8. The molecule has 1 aliphatic rings. The Morgan fingerprint density at radius 3 is 2.55 bits per heavy atom. The summed E-state index contributed by atoms with van der Waals surface area (Å²) in [7, 11) is 1.68. The Morgan fingerprint density at radius 1 is 1.30 bits per heavy atom. The van der Waals surface area contributed by atoms with E-state index in [-0.39, 0.29) is 6.04 Å². The summed E-state index contributed by atoms with van der Waals surface area (Å²) in [5.74, 6) is 0.860. The predicted molar refractivity (Wildman–Crippen MR) is 87.1 cm³/mol. The summed E-state index contributed by atoms with van der Waals surface area (Å²) in [5.41, 5.74) is 7.20. The average molecular weight is 341 g/mol. The zero-order valence-electron chi connectivity index (χ0n) is 12.2. The van der Waals surface area contributed by atoms with E-state index in [2.05, 4.69) is 33.4 Å². The lowest BCUT2D eigenvalue weighted by atomic mass is 10.0. The molecular weight excluding hydrogens is 316 g/mol. The normalized spacial score (nSPS) is 18.6. The number of nitrogens with one attached hydrogen (secondary N) is 1. The van der Waals surface area contributed by atoms with Gasteiger partial charge >= 0.3 is 0 Å². The number of ether oxygens (including phenoxy) is 1. The second-order valence-electron chi connectivity index (χ2n) is 5.54. The van der Waals surface area contributed by atoms with Crippen molar-refractivity contribution in [2.45, 2.75) is 50.6 Å². The molecule has 1 aromatic rings. The maximum absolute atomic E-state index is 5.97. The first-order chi connectivity index (χ1) is 9.74. The largest absolute Gasteiger partial charge is 0.496 e. The lowest BCUT2D eigenvalue weighted by molar-refractivity contribution is 0.399. The summed E-state index contributed by atoms with van der Waals surface area (Å²) in [6.07, 6.45) is 7.96. The molecule has 0 aromatic heterocycles. The van der Waals surface area contributed by atoms with Crippen molar-refractivity contribution >= 4 is 15.9 Å². The molecule has 112 valence electrons. The molecule has 1 atom stereocenters. The van der Waals surface area contributed by atoms with E-state index in [4.69, 9.17) is 10.5 Å². The molecule has 0 amide bonds. The van der Waals surface area contributed by atoms with Crippen LogP contribution in [0.1, 0.15) is 50.1 Å². The van der Waals surface area contributed by atoms with Gasteiger partial charge in [0.1, 0.15) is 5.75 Å². The van der Waals surface area contributed by atoms with Gasteiger partial charge in [0.05, 0.1) is 11.6 Å². The van der Waals surface area contributed by atoms with Crippen LogP contribution in [0.2, 0.25) is 0 Å². The number of hydrogen-bond acceptors (Lipinski definition) is 3. The summed E-state index contributed by atoms with van der Waals surface area (Å²) >= 11 is 3.55. The van der Waals surface area contributed by atoms with Crippen molar-refractivity contribution in [3.05, 3.63) is 28.2 Å². The zero-order valence-corrected chi connectivity index (χ0v) is 13.8. The SMILES string of the molecule is COc1ccc(C(CN)NC2CCCCCC2)cc1Br. The molecule has 1 aromatic carbocycles. The Balaban J connectivity index is 2.05. The smallest absolute Gasteiger partial charge is 0.133 e. The topological polar surface area (TPSA) is 47.3 Å². The molecule has 1 unspecified atom stereocenters. The molecule has 0 aliphatic heterocycles. The fourth-order valence-corrected chi connectivity index (χ4v) is 3.49. The van der Waals surface area contributed by atoms with Gasteiger partial charge in [0, 0.05) is 18.6 Å². The summed E-state index contributed by atoms with van der Waals surface area (Å²) in [5, 5.41) is 3.74. The van der Waals surface area contributed by atoms with E-state index in [1.165, 1.54) is 44.1 Å². The lowest BCUT2D eigenvalue weighted by Gasteiger charge is -2.24. The third-order valence-electron chi connectivity index (χ3n) is 4.11. The molecule has 0 heterocycles. The Kier molecular flexibility index (Phi) is 6.33. The number of rotatable bonds is 5. The summed E-state index contributed by atoms with van der Waals surface area (Å²) < 4.78 is 6.27. The second kappa shape index (κ2) is 8.01. The standard InChI is InChI=1S/C16H25BrN2O/c1-20-16-9-8-12(10-14(16)17)15(11-18)19-13-6-4-2-3-5-7-13/h8-10,13,15,19H,2-7,11,18H2,1H3. The lowest BCUT2D eigenvalue weighted by Crippen LogP contribution is -2.36. The summed E-state index contributed by atoms with van der Waals surface area (Å²) in [6, 6.07) is 7.04. The number of halogens is 1. The van der Waals surface area contributed by atoms with Gasteiger partial charge < -0.3 is 15.8 Å². The van der Waals surface area contributed by atoms with Crippen molar-refractivity contribution < 1.29 is 4.74 Å². The molecule has 3 N–H and O–H groups in total. The van der Waals surface area contributed by atoms with E-state index in [9.17, 15) is 0 Å². The van der Waals surface area contributed by atoms with Crippen LogP contribution in [-0.2, 0) is 0 Å². The Morgan fingerprint density at radius 2 is 2.00 bits per heavy atom. The van der Waals surface area contributed by atoms with Crippen LogP contribution < -0.4 is 15.8 Å². The molecule has 0 bridgehead atoms. The van der Waals surface area contributed by atoms with Crippen molar-refractivity contribution in [1.82, 2.24) is 5.32 Å². The third kappa shape index (κ3) is 4.21. The Bertz CT molecular complexity index is 417. The molecule has 1 aliphatic carbocycles. The highest BCUT2D eigenvalue weighted by Gasteiger charge is 2.18. The third-order valence-corrected chi connectivity index (χ3v) is 4.73. The quantitative estimate of drug-likeness (QED) is 0.802. The van der Waals surface area contributed by atoms with Crippen LogP contribution in [0.4, 0.5) is 0 Å². The molecule has 1 saturated carbocycles. The molecular formula is C16H25BrN2O. The van der Waals surface area contributed by atoms with Crippen LogP contribution >= 0.6 is 15.9 Å². The van der Waals surface area contributed by atoms with E-state index in [1.807, 2.05) is 6.07 Å². The maximum Gasteiger partial charge on any atom is 0.133 e. The van der Waals surface area contributed by atoms with Gasteiger partial charge in [-0.3, -0.25) is 0 Å². The molecule has 4 heteroatoms. The van der Waals surface area contributed by atoms with Gasteiger partial charge in [0.15, 0.2) is 0 Å². The molecule has 3 nitrogen and oxygen atoms in total. The van der Waals surface area contributed by atoms with E-state index in [1.54, 1.807) is 7.11 Å². The molecule has 20 heavy (non-hydrogen) atoms. The zero-order chi connectivity index (χ0) is 14.4. The van der Waals surface area contributed by atoms with Crippen molar-refractivity contribution in [1.29, 1.82) is 0 Å². The minimum absolute atomic E-state index is 0.223. The highest BCUT2D eigenvalue weighted by molar-refractivity contribution is 9.10. The van der Waals surface area contributed by atoms with Crippen molar-refractivity contribution in [3.8, 4) is 5.75 Å². The highest BCUT2D eigenvalue weighted by Crippen LogP contribution is 2.28. The average Bonchev–Trinajstić information content (AvgIpc) is 2.73. The molecule has 0 saturated heterocycles. The summed E-state index contributed by atoms with van der Waals surface area (Å²) in [6.45, 7) is 0.620. The van der Waals surface area contributed by atoms with Gasteiger partial charge in [-0.2, -0.15) is 0 Å². The summed E-state index contributed by atoms with van der Waals surface area (Å²) in [4.78, 5) is 0. The van der Waals surface area contributed by atoms with Crippen molar-refractivity contribution in [3.63, 3.8) is 0 Å². The van der Waals surface area contributed by atoms with Gasteiger partial charge in [-0.15, -0.1) is 0 Å². The van der Waals surface area contributed by atoms with Crippen LogP contribution in [0.25, 0.3) is 0 Å². The number of nitrogens with two attached hydrogens (primary N) is 1. The van der Waals surface area contributed by atoms with Gasteiger partial charge in [-0.1, -0.05) is 31.7 Å². The number of methoxy groups -OCH3 is 1. The maximum atomic E-state index is 5.97. The van der Waals surface area contributed by atoms with Crippen LogP contribution in [-0.4, -0.2) is 19.7 Å². The van der Waals surface area contributed by atoms with E-state index >= 15 is 0 Å². The molecule has 2 rings (SSSR count). The molecule has 1 fully saturated rings.